The summed E-state index contributed by atoms with van der Waals surface area (Å²) in [6, 6.07) is 22.7. The number of ketones is 1. The number of benzene rings is 2. The summed E-state index contributed by atoms with van der Waals surface area (Å²) in [4.78, 5) is 55.2. The average Bonchev–Trinajstić information content (AvgIpc) is 3.51. The van der Waals surface area contributed by atoms with Crippen LogP contribution < -0.4 is 11.2 Å². The number of rotatable bonds is 8. The lowest BCUT2D eigenvalue weighted by Gasteiger charge is -2.29. The van der Waals surface area contributed by atoms with Crippen molar-refractivity contribution >= 4 is 22.5 Å². The molecule has 0 bridgehead atoms. The van der Waals surface area contributed by atoms with Crippen LogP contribution in [0.1, 0.15) is 66.3 Å². The van der Waals surface area contributed by atoms with E-state index < -0.39 is 23.1 Å². The fourth-order valence-corrected chi connectivity index (χ4v) is 8.14. The van der Waals surface area contributed by atoms with Crippen molar-refractivity contribution in [2.24, 2.45) is 5.92 Å². The Morgan fingerprint density at radius 3 is 2.47 bits per heavy atom. The van der Waals surface area contributed by atoms with Crippen LogP contribution in [0, 0.1) is 18.7 Å². The maximum absolute atomic E-state index is 14.6. The predicted octanol–water partition coefficient (Wildman–Crippen LogP) is 6.45. The van der Waals surface area contributed by atoms with E-state index in [1.54, 1.807) is 6.20 Å². The van der Waals surface area contributed by atoms with Gasteiger partial charge in [0, 0.05) is 44.0 Å². The van der Waals surface area contributed by atoms with E-state index in [1.807, 2.05) is 53.8 Å². The number of nitrogens with zero attached hydrogens (tertiary/aromatic N) is 7. The van der Waals surface area contributed by atoms with E-state index in [9.17, 15) is 18.8 Å². The third-order valence-corrected chi connectivity index (χ3v) is 11.1. The number of hydrogen-bond donors (Lipinski definition) is 0. The number of aryl methyl sites for hydroxylation is 1. The van der Waals surface area contributed by atoms with E-state index in [-0.39, 0.29) is 22.7 Å². The van der Waals surface area contributed by atoms with Crippen LogP contribution in [0.5, 0.6) is 0 Å². The Morgan fingerprint density at radius 1 is 0.887 bits per heavy atom. The number of Topliss-reactive ketones (excluding diaryl/α,β-unsaturated/α-hetero) is 1. The van der Waals surface area contributed by atoms with Crippen LogP contribution in [0.2, 0.25) is 0 Å². The zero-order valence-corrected chi connectivity index (χ0v) is 30.2. The van der Waals surface area contributed by atoms with E-state index in [4.69, 9.17) is 0 Å². The third-order valence-electron chi connectivity index (χ3n) is 11.1. The summed E-state index contributed by atoms with van der Waals surface area (Å²) in [5.41, 5.74) is 4.98. The molecule has 0 spiro atoms. The van der Waals surface area contributed by atoms with Crippen molar-refractivity contribution in [1.82, 2.24) is 33.3 Å². The van der Waals surface area contributed by atoms with Gasteiger partial charge in [-0.25, -0.2) is 23.7 Å². The number of halogens is 1. The van der Waals surface area contributed by atoms with E-state index in [0.717, 1.165) is 67.8 Å². The molecule has 5 heterocycles. The molecular weight excluding hydrogens is 670 g/mol. The summed E-state index contributed by atoms with van der Waals surface area (Å²) in [6.45, 7) is 7.21. The van der Waals surface area contributed by atoms with E-state index >= 15 is 0 Å². The Balaban J connectivity index is 1.04. The summed E-state index contributed by atoms with van der Waals surface area (Å²) < 4.78 is 19.2. The van der Waals surface area contributed by atoms with Gasteiger partial charge in [-0.2, -0.15) is 0 Å². The van der Waals surface area contributed by atoms with Crippen LogP contribution in [0.4, 0.5) is 4.39 Å². The van der Waals surface area contributed by atoms with Gasteiger partial charge in [0.2, 0.25) is 0 Å². The molecule has 4 aromatic heterocycles. The fraction of sp³-hybridized carbons (Fsp3) is 0.357. The molecular formula is C42H44FN7O3. The summed E-state index contributed by atoms with van der Waals surface area (Å²) >= 11 is 0. The zero-order chi connectivity index (χ0) is 36.6. The summed E-state index contributed by atoms with van der Waals surface area (Å²) in [6.07, 6.45) is 6.80. The van der Waals surface area contributed by atoms with Crippen molar-refractivity contribution in [2.75, 3.05) is 33.2 Å². The molecule has 1 aliphatic heterocycles. The minimum absolute atomic E-state index is 0.0108. The predicted molar refractivity (Wildman–Crippen MR) is 204 cm³/mol. The zero-order valence-electron chi connectivity index (χ0n) is 30.2. The molecule has 0 radical (unpaired) electrons. The summed E-state index contributed by atoms with van der Waals surface area (Å²) in [5.74, 6) is -0.545. The van der Waals surface area contributed by atoms with Crippen molar-refractivity contribution in [3.63, 3.8) is 0 Å². The van der Waals surface area contributed by atoms with Gasteiger partial charge in [0.25, 0.3) is 5.56 Å². The second-order valence-corrected chi connectivity index (χ2v) is 14.8. The number of aromatic nitrogens is 5. The first-order valence-electron chi connectivity index (χ1n) is 18.6. The lowest BCUT2D eigenvalue weighted by atomic mass is 9.82. The third kappa shape index (κ3) is 7.11. The highest BCUT2D eigenvalue weighted by Crippen LogP contribution is 2.34. The van der Waals surface area contributed by atoms with Crippen molar-refractivity contribution in [2.45, 2.75) is 58.0 Å². The maximum Gasteiger partial charge on any atom is 0.337 e. The van der Waals surface area contributed by atoms with E-state index in [1.165, 1.54) is 20.8 Å². The maximum atomic E-state index is 14.6. The van der Waals surface area contributed by atoms with E-state index in [2.05, 4.69) is 51.1 Å². The molecule has 1 saturated carbocycles. The highest BCUT2D eigenvalue weighted by atomic mass is 19.1. The molecule has 272 valence electrons. The van der Waals surface area contributed by atoms with Gasteiger partial charge in [0.05, 0.1) is 17.3 Å². The first-order chi connectivity index (χ1) is 25.7. The van der Waals surface area contributed by atoms with Gasteiger partial charge in [-0.05, 0) is 112 Å². The van der Waals surface area contributed by atoms with Crippen LogP contribution in [0.15, 0.2) is 94.8 Å². The molecule has 0 atom stereocenters. The molecule has 0 N–H and O–H groups in total. The first kappa shape index (κ1) is 34.8. The largest absolute Gasteiger partial charge is 0.337 e. The minimum Gasteiger partial charge on any atom is -0.305 e. The normalized spacial score (nSPS) is 18.8. The van der Waals surface area contributed by atoms with Gasteiger partial charge in [0.1, 0.15) is 17.2 Å². The molecule has 1 saturated heterocycles. The molecule has 10 nitrogen and oxygen atoms in total. The molecule has 11 heteroatoms. The van der Waals surface area contributed by atoms with Crippen LogP contribution >= 0.6 is 0 Å². The van der Waals surface area contributed by atoms with Crippen molar-refractivity contribution in [3.05, 3.63) is 129 Å². The number of imidazole rings is 1. The Labute approximate surface area is 307 Å². The second kappa shape index (κ2) is 14.6. The number of carbonyl (C=O) groups excluding carboxylic acids is 1. The van der Waals surface area contributed by atoms with Gasteiger partial charge < -0.3 is 9.30 Å². The van der Waals surface area contributed by atoms with Crippen LogP contribution in [-0.2, 0) is 6.54 Å². The highest BCUT2D eigenvalue weighted by Gasteiger charge is 2.29. The molecule has 2 fully saturated rings. The Bertz CT molecular complexity index is 2420. The monoisotopic (exact) mass is 713 g/mol. The molecule has 2 aliphatic rings. The smallest absolute Gasteiger partial charge is 0.305 e. The van der Waals surface area contributed by atoms with Crippen molar-refractivity contribution in [3.8, 4) is 16.8 Å². The Kier molecular flexibility index (Phi) is 9.61. The van der Waals surface area contributed by atoms with Crippen LogP contribution in [-0.4, -0.2) is 72.3 Å². The van der Waals surface area contributed by atoms with Gasteiger partial charge in [-0.15, -0.1) is 0 Å². The number of carbonyl (C=O) groups is 1. The number of pyridine rings is 2. The van der Waals surface area contributed by atoms with Gasteiger partial charge >= 0.3 is 5.69 Å². The van der Waals surface area contributed by atoms with E-state index in [0.29, 0.717) is 43.5 Å². The first-order valence-corrected chi connectivity index (χ1v) is 18.6. The van der Waals surface area contributed by atoms with Gasteiger partial charge in [0.15, 0.2) is 11.4 Å². The molecule has 2 aromatic carbocycles. The number of likely N-dealkylation sites (N-methyl/N-ethyl adjacent to an activating group) is 1. The molecule has 0 amide bonds. The Morgan fingerprint density at radius 2 is 1.68 bits per heavy atom. The number of hydrogen-bond acceptors (Lipinski definition) is 7. The topological polar surface area (TPSA) is 97.7 Å². The van der Waals surface area contributed by atoms with Crippen molar-refractivity contribution < 1.29 is 9.18 Å². The SMILES string of the molecule is Cc1cccc2nc(C(=O)CC3CCC(n4c(=O)c5cc(F)cnc5n(-c5cccc(-c6ccc(CN7CCCN(C)CC7)cc6)c5)c4=O)CC3)cn12. The van der Waals surface area contributed by atoms with Gasteiger partial charge in [-0.3, -0.25) is 19.1 Å². The Hall–Kier alpha value is -5.26. The van der Waals surface area contributed by atoms with Crippen LogP contribution in [0.25, 0.3) is 33.5 Å². The highest BCUT2D eigenvalue weighted by molar-refractivity contribution is 5.95. The molecule has 0 unspecified atom stereocenters. The summed E-state index contributed by atoms with van der Waals surface area (Å²) in [7, 11) is 2.18. The lowest BCUT2D eigenvalue weighted by Crippen LogP contribution is -2.43. The van der Waals surface area contributed by atoms with Crippen molar-refractivity contribution in [1.29, 1.82) is 0 Å². The number of fused-ring (bicyclic) bond motifs is 2. The lowest BCUT2D eigenvalue weighted by molar-refractivity contribution is 0.0938. The average molecular weight is 714 g/mol. The van der Waals surface area contributed by atoms with Crippen LogP contribution in [0.3, 0.4) is 0 Å². The second-order valence-electron chi connectivity index (χ2n) is 14.8. The standard InChI is InChI=1S/C42H44FN7O3/c1-28-6-3-9-39-45-37(27-48(28)39)38(51)22-29-12-16-34(17-13-29)50-41(52)36-24-33(43)25-44-40(36)49(42(50)53)35-8-4-7-32(23-35)31-14-10-30(11-15-31)26-47-19-5-18-46(2)20-21-47/h3-4,6-11,14-15,23-25,27,29,34H,5,12-13,16-22,26H2,1-2H3. The quantitative estimate of drug-likeness (QED) is 0.167. The molecule has 6 aromatic rings. The molecule has 8 rings (SSSR count). The minimum atomic E-state index is -0.642. The fourth-order valence-electron chi connectivity index (χ4n) is 8.14. The molecule has 53 heavy (non-hydrogen) atoms. The summed E-state index contributed by atoms with van der Waals surface area (Å²) in [5, 5.41) is 0.0542. The van der Waals surface area contributed by atoms with Gasteiger partial charge in [-0.1, -0.05) is 42.5 Å². The molecule has 1 aliphatic carbocycles.